The predicted molar refractivity (Wildman–Crippen MR) is 154 cm³/mol. The number of rotatable bonds is 12. The molecule has 0 aliphatic rings. The Morgan fingerprint density at radius 2 is 0.865 bits per heavy atom. The minimum absolute atomic E-state index is 0.258. The Balaban J connectivity index is 1.42. The fourth-order valence-corrected chi connectivity index (χ4v) is 8.54. The summed E-state index contributed by atoms with van der Waals surface area (Å²) in [6.07, 6.45) is 1.46. The van der Waals surface area contributed by atoms with Crippen molar-refractivity contribution in [3.05, 3.63) is 121 Å². The van der Waals surface area contributed by atoms with E-state index >= 15 is 0 Å². The Labute approximate surface area is 220 Å². The van der Waals surface area contributed by atoms with E-state index < -0.39 is 14.7 Å². The first-order chi connectivity index (χ1) is 17.8. The molecule has 0 radical (unpaired) electrons. The molecule has 4 nitrogen and oxygen atoms in total. The average molecular weight is 533 g/mol. The summed E-state index contributed by atoms with van der Waals surface area (Å²) in [4.78, 5) is 0. The Morgan fingerprint density at radius 1 is 0.541 bits per heavy atom. The molecule has 0 fully saturated rings. The molecule has 4 aromatic carbocycles. The van der Waals surface area contributed by atoms with Gasteiger partial charge in [0, 0.05) is 21.2 Å². The van der Waals surface area contributed by atoms with Crippen LogP contribution >= 0.6 is 14.7 Å². The highest BCUT2D eigenvalue weighted by Crippen LogP contribution is 2.47. The molecular formula is C31H34O4P2. The van der Waals surface area contributed by atoms with Gasteiger partial charge in [-0.2, -0.15) is 0 Å². The smallest absolute Gasteiger partial charge is 0.261 e. The van der Waals surface area contributed by atoms with Gasteiger partial charge >= 0.3 is 0 Å². The van der Waals surface area contributed by atoms with Gasteiger partial charge in [-0.3, -0.25) is 9.13 Å². The molecule has 192 valence electrons. The van der Waals surface area contributed by atoms with Gasteiger partial charge in [-0.05, 0) is 66.8 Å². The first-order valence-corrected chi connectivity index (χ1v) is 15.8. The zero-order chi connectivity index (χ0) is 26.2. The molecule has 4 aromatic rings. The first-order valence-electron chi connectivity index (χ1n) is 12.6. The van der Waals surface area contributed by atoms with E-state index in [1.807, 2.05) is 121 Å². The maximum Gasteiger partial charge on any atom is 0.261 e. The van der Waals surface area contributed by atoms with Crippen molar-refractivity contribution in [3.8, 4) is 0 Å². The minimum Gasteiger partial charge on any atom is -0.322 e. The fourth-order valence-electron chi connectivity index (χ4n) is 4.17. The van der Waals surface area contributed by atoms with E-state index in [-0.39, 0.29) is 5.41 Å². The Kier molecular flexibility index (Phi) is 9.00. The fraction of sp³-hybridized carbons (Fsp3) is 0.226. The largest absolute Gasteiger partial charge is 0.322 e. The molecule has 6 heteroatoms. The van der Waals surface area contributed by atoms with Crippen molar-refractivity contribution in [1.82, 2.24) is 0 Å². The van der Waals surface area contributed by atoms with Gasteiger partial charge in [-0.15, -0.1) is 0 Å². The van der Waals surface area contributed by atoms with E-state index in [1.165, 1.54) is 0 Å². The third-order valence-corrected chi connectivity index (χ3v) is 11.2. The van der Waals surface area contributed by atoms with Gasteiger partial charge in [-0.1, -0.05) is 86.6 Å². The van der Waals surface area contributed by atoms with Crippen molar-refractivity contribution in [2.75, 3.05) is 13.2 Å². The molecule has 0 bridgehead atoms. The molecule has 0 unspecified atom stereocenters. The standard InChI is InChI=1S/C31H34O4P2/c1-31(2,26-35-37(33,29-20-11-5-12-21-29)30-22-13-6-14-23-30)24-15-25-34-36(32,27-16-7-3-8-17-27)28-18-9-4-10-19-28/h3-14,16-23H,15,24-26H2,1-2H3. The van der Waals surface area contributed by atoms with Crippen molar-refractivity contribution < 1.29 is 18.2 Å². The Hall–Kier alpha value is -2.74. The molecule has 0 spiro atoms. The second kappa shape index (κ2) is 12.2. The average Bonchev–Trinajstić information content (AvgIpc) is 2.96. The van der Waals surface area contributed by atoms with Crippen LogP contribution in [-0.2, 0) is 18.2 Å². The van der Waals surface area contributed by atoms with Crippen molar-refractivity contribution in [2.45, 2.75) is 26.7 Å². The quantitative estimate of drug-likeness (QED) is 0.151. The molecule has 0 aliphatic heterocycles. The monoisotopic (exact) mass is 532 g/mol. The molecule has 0 amide bonds. The zero-order valence-electron chi connectivity index (χ0n) is 21.4. The highest BCUT2D eigenvalue weighted by molar-refractivity contribution is 7.74. The molecule has 0 saturated heterocycles. The Morgan fingerprint density at radius 3 is 1.22 bits per heavy atom. The molecule has 4 rings (SSSR count). The third-order valence-electron chi connectivity index (χ3n) is 6.29. The van der Waals surface area contributed by atoms with Crippen LogP contribution in [-0.4, -0.2) is 13.2 Å². The molecule has 0 N–H and O–H groups in total. The molecule has 0 saturated carbocycles. The lowest BCUT2D eigenvalue weighted by Crippen LogP contribution is -2.25. The van der Waals surface area contributed by atoms with E-state index in [0.29, 0.717) is 40.9 Å². The lowest BCUT2D eigenvalue weighted by Gasteiger charge is -2.28. The van der Waals surface area contributed by atoms with Crippen molar-refractivity contribution in [1.29, 1.82) is 0 Å². The molecule has 0 heterocycles. The van der Waals surface area contributed by atoms with Gasteiger partial charge in [-0.25, -0.2) is 0 Å². The second-order valence-electron chi connectivity index (χ2n) is 9.82. The first kappa shape index (κ1) is 27.3. The van der Waals surface area contributed by atoms with Crippen LogP contribution in [0.5, 0.6) is 0 Å². The van der Waals surface area contributed by atoms with Gasteiger partial charge < -0.3 is 9.05 Å². The van der Waals surface area contributed by atoms with E-state index in [9.17, 15) is 9.13 Å². The third kappa shape index (κ3) is 6.78. The molecule has 0 aliphatic carbocycles. The second-order valence-corrected chi connectivity index (χ2v) is 14.6. The number of benzene rings is 4. The number of hydrogen-bond acceptors (Lipinski definition) is 4. The Bertz CT molecular complexity index is 1250. The summed E-state index contributed by atoms with van der Waals surface area (Å²) in [5.41, 5.74) is -0.258. The SMILES string of the molecule is CC(C)(CCCOP(=O)(c1ccccc1)c1ccccc1)COP(=O)(c1ccccc1)c1ccccc1. The summed E-state index contributed by atoms with van der Waals surface area (Å²) < 4.78 is 40.6. The summed E-state index contributed by atoms with van der Waals surface area (Å²) in [6.45, 7) is 4.87. The summed E-state index contributed by atoms with van der Waals surface area (Å²) in [6, 6.07) is 37.6. The minimum atomic E-state index is -3.24. The van der Waals surface area contributed by atoms with Gasteiger partial charge in [0.25, 0.3) is 14.7 Å². The van der Waals surface area contributed by atoms with Gasteiger partial charge in [0.05, 0.1) is 13.2 Å². The lowest BCUT2D eigenvalue weighted by molar-refractivity contribution is 0.164. The topological polar surface area (TPSA) is 52.6 Å². The highest BCUT2D eigenvalue weighted by Gasteiger charge is 2.32. The van der Waals surface area contributed by atoms with Gasteiger partial charge in [0.2, 0.25) is 0 Å². The van der Waals surface area contributed by atoms with E-state index in [1.54, 1.807) is 0 Å². The van der Waals surface area contributed by atoms with Crippen molar-refractivity contribution >= 4 is 36.0 Å². The summed E-state index contributed by atoms with van der Waals surface area (Å²) in [5.74, 6) is 0. The van der Waals surface area contributed by atoms with E-state index in [2.05, 4.69) is 13.8 Å². The van der Waals surface area contributed by atoms with Crippen LogP contribution in [0.15, 0.2) is 121 Å². The van der Waals surface area contributed by atoms with E-state index in [0.717, 1.165) is 6.42 Å². The summed E-state index contributed by atoms with van der Waals surface area (Å²) >= 11 is 0. The molecule has 0 atom stereocenters. The summed E-state index contributed by atoms with van der Waals surface area (Å²) in [5, 5.41) is 2.75. The normalized spacial score (nSPS) is 12.4. The maximum atomic E-state index is 14.2. The lowest BCUT2D eigenvalue weighted by atomic mass is 9.89. The maximum absolute atomic E-state index is 14.2. The van der Waals surface area contributed by atoms with Crippen molar-refractivity contribution in [2.24, 2.45) is 5.41 Å². The molecular weight excluding hydrogens is 498 g/mol. The van der Waals surface area contributed by atoms with Crippen LogP contribution in [0.4, 0.5) is 0 Å². The zero-order valence-corrected chi connectivity index (χ0v) is 23.2. The summed E-state index contributed by atoms with van der Waals surface area (Å²) in [7, 11) is -6.45. The number of hydrogen-bond donors (Lipinski definition) is 0. The van der Waals surface area contributed by atoms with Crippen LogP contribution in [0.25, 0.3) is 0 Å². The van der Waals surface area contributed by atoms with Crippen LogP contribution in [0.1, 0.15) is 26.7 Å². The van der Waals surface area contributed by atoms with Gasteiger partial charge in [0.1, 0.15) is 0 Å². The van der Waals surface area contributed by atoms with E-state index in [4.69, 9.17) is 9.05 Å². The van der Waals surface area contributed by atoms with Crippen LogP contribution in [0, 0.1) is 5.41 Å². The van der Waals surface area contributed by atoms with Crippen LogP contribution in [0.3, 0.4) is 0 Å². The van der Waals surface area contributed by atoms with Crippen LogP contribution < -0.4 is 21.2 Å². The van der Waals surface area contributed by atoms with Crippen LogP contribution in [0.2, 0.25) is 0 Å². The molecule has 0 aromatic heterocycles. The highest BCUT2D eigenvalue weighted by atomic mass is 31.2. The molecule has 37 heavy (non-hydrogen) atoms. The van der Waals surface area contributed by atoms with Gasteiger partial charge in [0.15, 0.2) is 0 Å². The van der Waals surface area contributed by atoms with Crippen molar-refractivity contribution in [3.63, 3.8) is 0 Å². The predicted octanol–water partition coefficient (Wildman–Crippen LogP) is 6.68.